The highest BCUT2D eigenvalue weighted by Gasteiger charge is 2.69. The summed E-state index contributed by atoms with van der Waals surface area (Å²) in [5.41, 5.74) is 0.779. The number of carbonyl (C=O) groups excluding carboxylic acids is 2. The second-order valence-corrected chi connectivity index (χ2v) is 16.0. The Bertz CT molecular complexity index is 1130. The van der Waals surface area contributed by atoms with Gasteiger partial charge in [-0.05, 0) is 111 Å². The fourth-order valence-electron chi connectivity index (χ4n) is 11.2. The second-order valence-electron chi connectivity index (χ2n) is 16.0. The molecule has 0 spiro atoms. The quantitative estimate of drug-likeness (QED) is 0.288. The average molecular weight is 557 g/mol. The molecule has 5 aliphatic carbocycles. The van der Waals surface area contributed by atoms with Gasteiger partial charge in [-0.15, -0.1) is 0 Å². The molecule has 0 aromatic carbocycles. The maximum absolute atomic E-state index is 12.4. The first-order valence-electron chi connectivity index (χ1n) is 15.7. The fraction of sp³-hybridized carbons (Fsp3) is 0.853. The zero-order valence-corrected chi connectivity index (χ0v) is 26.2. The van der Waals surface area contributed by atoms with Gasteiger partial charge in [-0.3, -0.25) is 14.4 Å². The molecule has 5 rings (SSSR count). The van der Waals surface area contributed by atoms with Crippen molar-refractivity contribution < 1.29 is 29.0 Å². The molecule has 6 heteroatoms. The lowest BCUT2D eigenvalue weighted by Gasteiger charge is -2.71. The van der Waals surface area contributed by atoms with Crippen LogP contribution in [0.5, 0.6) is 0 Å². The minimum absolute atomic E-state index is 0.0203. The first-order valence-corrected chi connectivity index (χ1v) is 15.7. The Morgan fingerprint density at radius 2 is 1.55 bits per heavy atom. The van der Waals surface area contributed by atoms with Crippen LogP contribution in [0.1, 0.15) is 120 Å². The van der Waals surface area contributed by atoms with E-state index in [2.05, 4.69) is 40.7 Å². The Morgan fingerprint density at radius 1 is 0.875 bits per heavy atom. The number of hydrogen-bond acceptors (Lipinski definition) is 5. The smallest absolute Gasteiger partial charge is 0.309 e. The Hall–Kier alpha value is -1.85. The van der Waals surface area contributed by atoms with Gasteiger partial charge in [0.25, 0.3) is 0 Å². The standard InChI is InChI=1S/C34H52O6/c1-21(35)39-20-32(6)25-11-14-34(8)26(31(25,5)13-12-27(32)40-22(2)36)10-9-23-24-19-30(4,28(37)38)16-15-29(24,3)17-18-33(23,34)7/h9,24-27H,10-20H2,1-8H3,(H,37,38)/t24-,25-,26+,27-,29+,30+,31-,32+,33+,34+/m0/s1. The molecule has 0 aromatic heterocycles. The molecule has 6 nitrogen and oxygen atoms in total. The highest BCUT2D eigenvalue weighted by atomic mass is 16.6. The van der Waals surface area contributed by atoms with Crippen molar-refractivity contribution in [3.05, 3.63) is 11.6 Å². The molecule has 4 fully saturated rings. The van der Waals surface area contributed by atoms with Crippen molar-refractivity contribution in [3.8, 4) is 0 Å². The van der Waals surface area contributed by atoms with E-state index < -0.39 is 16.8 Å². The molecule has 0 saturated heterocycles. The lowest BCUT2D eigenvalue weighted by molar-refractivity contribution is -0.226. The molecule has 10 atom stereocenters. The number of fused-ring (bicyclic) bond motifs is 7. The summed E-state index contributed by atoms with van der Waals surface area (Å²) in [6.07, 6.45) is 12.0. The largest absolute Gasteiger partial charge is 0.481 e. The molecule has 5 aliphatic rings. The number of ether oxygens (including phenoxy) is 2. The minimum atomic E-state index is -0.654. The van der Waals surface area contributed by atoms with Gasteiger partial charge in [-0.1, -0.05) is 46.3 Å². The number of esters is 2. The van der Waals surface area contributed by atoms with E-state index in [-0.39, 0.29) is 52.2 Å². The lowest BCUT2D eigenvalue weighted by Crippen LogP contribution is -2.66. The molecule has 0 bridgehead atoms. The van der Waals surface area contributed by atoms with Gasteiger partial charge < -0.3 is 14.6 Å². The number of allylic oxidation sites excluding steroid dienone is 2. The number of aliphatic carboxylic acids is 1. The van der Waals surface area contributed by atoms with Gasteiger partial charge in [-0.2, -0.15) is 0 Å². The molecular weight excluding hydrogens is 504 g/mol. The molecule has 1 N–H and O–H groups in total. The van der Waals surface area contributed by atoms with Crippen molar-refractivity contribution in [3.63, 3.8) is 0 Å². The molecule has 224 valence electrons. The number of rotatable bonds is 4. The number of hydrogen-bond donors (Lipinski definition) is 1. The van der Waals surface area contributed by atoms with E-state index in [1.165, 1.54) is 13.8 Å². The van der Waals surface area contributed by atoms with Crippen LogP contribution in [0, 0.1) is 50.2 Å². The summed E-state index contributed by atoms with van der Waals surface area (Å²) < 4.78 is 11.6. The van der Waals surface area contributed by atoms with Gasteiger partial charge in [0.15, 0.2) is 0 Å². The summed E-state index contributed by atoms with van der Waals surface area (Å²) in [6.45, 7) is 17.3. The van der Waals surface area contributed by atoms with Crippen molar-refractivity contribution in [1.29, 1.82) is 0 Å². The van der Waals surface area contributed by atoms with Crippen molar-refractivity contribution in [2.45, 2.75) is 126 Å². The second kappa shape index (κ2) is 9.33. The SMILES string of the molecule is CC(=O)OC[C@]1(C)[C@H]2CC[C@]3(C)[C@H](CC=C4[C@@H]5C[C@](C)(C(=O)O)CC[C@]5(C)CC[C@]43C)[C@@]2(C)CC[C@@H]1OC(C)=O. The zero-order valence-electron chi connectivity index (χ0n) is 26.2. The number of carbonyl (C=O) groups is 3. The lowest BCUT2D eigenvalue weighted by atomic mass is 9.33. The predicted octanol–water partition coefficient (Wildman–Crippen LogP) is 7.35. The summed E-state index contributed by atoms with van der Waals surface area (Å²) in [7, 11) is 0. The molecule has 0 radical (unpaired) electrons. The van der Waals surface area contributed by atoms with Crippen LogP contribution >= 0.6 is 0 Å². The molecule has 0 heterocycles. The highest BCUT2D eigenvalue weighted by molar-refractivity contribution is 5.74. The Labute approximate surface area is 241 Å². The van der Waals surface area contributed by atoms with Gasteiger partial charge in [0, 0.05) is 19.3 Å². The van der Waals surface area contributed by atoms with E-state index in [1.807, 2.05) is 6.92 Å². The van der Waals surface area contributed by atoms with Gasteiger partial charge in [0.1, 0.15) is 12.7 Å². The van der Waals surface area contributed by atoms with E-state index in [1.54, 1.807) is 5.57 Å². The first kappa shape index (κ1) is 29.6. The molecule has 0 aliphatic heterocycles. The summed E-state index contributed by atoms with van der Waals surface area (Å²) in [4.78, 5) is 36.4. The van der Waals surface area contributed by atoms with E-state index in [0.29, 0.717) is 11.8 Å². The maximum Gasteiger partial charge on any atom is 0.309 e. The van der Waals surface area contributed by atoms with E-state index in [9.17, 15) is 19.5 Å². The van der Waals surface area contributed by atoms with Gasteiger partial charge in [0.05, 0.1) is 5.41 Å². The van der Waals surface area contributed by atoms with Crippen molar-refractivity contribution in [2.75, 3.05) is 6.61 Å². The van der Waals surface area contributed by atoms with Gasteiger partial charge in [-0.25, -0.2) is 0 Å². The summed E-state index contributed by atoms with van der Waals surface area (Å²) >= 11 is 0. The van der Waals surface area contributed by atoms with Crippen LogP contribution in [0.15, 0.2) is 11.6 Å². The monoisotopic (exact) mass is 556 g/mol. The molecule has 40 heavy (non-hydrogen) atoms. The Kier molecular flexibility index (Phi) is 6.91. The summed E-state index contributed by atoms with van der Waals surface area (Å²) in [5.74, 6) is -0.161. The van der Waals surface area contributed by atoms with E-state index >= 15 is 0 Å². The van der Waals surface area contributed by atoms with Gasteiger partial charge >= 0.3 is 17.9 Å². The molecule has 4 saturated carbocycles. The van der Waals surface area contributed by atoms with Crippen LogP contribution in [0.3, 0.4) is 0 Å². The van der Waals surface area contributed by atoms with E-state index in [0.717, 1.165) is 64.2 Å². The third kappa shape index (κ3) is 4.04. The van der Waals surface area contributed by atoms with Crippen molar-refractivity contribution >= 4 is 17.9 Å². The Morgan fingerprint density at radius 3 is 2.17 bits per heavy atom. The molecule has 0 aromatic rings. The third-order valence-corrected chi connectivity index (χ3v) is 14.0. The fourth-order valence-corrected chi connectivity index (χ4v) is 11.2. The number of carboxylic acid groups (broad SMARTS) is 1. The van der Waals surface area contributed by atoms with Crippen LogP contribution in [0.4, 0.5) is 0 Å². The first-order chi connectivity index (χ1) is 18.5. The Balaban J connectivity index is 1.54. The molecule has 0 unspecified atom stereocenters. The third-order valence-electron chi connectivity index (χ3n) is 14.0. The van der Waals surface area contributed by atoms with Crippen LogP contribution in [-0.2, 0) is 23.9 Å². The number of carboxylic acids is 1. The van der Waals surface area contributed by atoms with Crippen molar-refractivity contribution in [1.82, 2.24) is 0 Å². The van der Waals surface area contributed by atoms with Crippen LogP contribution in [0.2, 0.25) is 0 Å². The highest BCUT2D eigenvalue weighted by Crippen LogP contribution is 2.75. The zero-order chi connectivity index (χ0) is 29.5. The summed E-state index contributed by atoms with van der Waals surface area (Å²) in [5, 5.41) is 10.2. The summed E-state index contributed by atoms with van der Waals surface area (Å²) in [6, 6.07) is 0. The minimum Gasteiger partial charge on any atom is -0.481 e. The van der Waals surface area contributed by atoms with Crippen LogP contribution < -0.4 is 0 Å². The van der Waals surface area contributed by atoms with Crippen molar-refractivity contribution in [2.24, 2.45) is 50.2 Å². The van der Waals surface area contributed by atoms with Crippen LogP contribution in [-0.4, -0.2) is 35.7 Å². The molecule has 0 amide bonds. The normalized spacial score (nSPS) is 49.8. The average Bonchev–Trinajstić information content (AvgIpc) is 2.86. The van der Waals surface area contributed by atoms with Crippen LogP contribution in [0.25, 0.3) is 0 Å². The predicted molar refractivity (Wildman–Crippen MR) is 153 cm³/mol. The van der Waals surface area contributed by atoms with Gasteiger partial charge in [0.2, 0.25) is 0 Å². The maximum atomic E-state index is 12.4. The van der Waals surface area contributed by atoms with E-state index in [4.69, 9.17) is 9.47 Å². The molecular formula is C34H52O6. The topological polar surface area (TPSA) is 89.9 Å².